The highest BCUT2D eigenvalue weighted by Crippen LogP contribution is 2.22. The van der Waals surface area contributed by atoms with E-state index in [2.05, 4.69) is 10.3 Å². The van der Waals surface area contributed by atoms with Crippen molar-refractivity contribution in [2.75, 3.05) is 19.7 Å². The van der Waals surface area contributed by atoms with Crippen LogP contribution in [0.4, 0.5) is 0 Å². The minimum atomic E-state index is -0.375. The molecule has 0 aromatic carbocycles. The molecule has 1 unspecified atom stereocenters. The van der Waals surface area contributed by atoms with Crippen LogP contribution in [0.3, 0.4) is 0 Å². The topological polar surface area (TPSA) is 105 Å². The minimum absolute atomic E-state index is 0.0295. The third kappa shape index (κ3) is 5.60. The smallest absolute Gasteiger partial charge is 0.355 e. The monoisotopic (exact) mass is 443 g/mol. The zero-order valence-electron chi connectivity index (χ0n) is 19.4. The Morgan fingerprint density at radius 1 is 1.25 bits per heavy atom. The molecule has 8 heteroatoms. The lowest BCUT2D eigenvalue weighted by Crippen LogP contribution is -2.45. The molecule has 2 aromatic heterocycles. The first-order valence-corrected chi connectivity index (χ1v) is 11.3. The number of furan rings is 1. The maximum atomic E-state index is 12.9. The minimum Gasteiger partial charge on any atom is -0.465 e. The largest absolute Gasteiger partial charge is 0.465 e. The Balaban J connectivity index is 1.53. The summed E-state index contributed by atoms with van der Waals surface area (Å²) in [6, 6.07) is 3.72. The summed E-state index contributed by atoms with van der Waals surface area (Å²) in [7, 11) is 0. The number of rotatable bonds is 8. The molecule has 174 valence electrons. The van der Waals surface area contributed by atoms with Crippen molar-refractivity contribution in [2.45, 2.75) is 59.9 Å². The fourth-order valence-corrected chi connectivity index (χ4v) is 4.28. The zero-order valence-corrected chi connectivity index (χ0v) is 19.4. The number of nitrogens with zero attached hydrogens (tertiary/aromatic N) is 1. The van der Waals surface area contributed by atoms with Crippen LogP contribution in [-0.4, -0.2) is 47.4 Å². The van der Waals surface area contributed by atoms with Crippen LogP contribution in [0.2, 0.25) is 0 Å². The summed E-state index contributed by atoms with van der Waals surface area (Å²) in [4.78, 5) is 42.4. The van der Waals surface area contributed by atoms with Crippen LogP contribution in [0, 0.1) is 26.7 Å². The number of hydrogen-bond donors (Lipinski definition) is 2. The second-order valence-corrected chi connectivity index (χ2v) is 8.36. The van der Waals surface area contributed by atoms with Crippen molar-refractivity contribution in [1.82, 2.24) is 15.2 Å². The number of carbonyl (C=O) groups is 3. The van der Waals surface area contributed by atoms with E-state index in [0.29, 0.717) is 44.8 Å². The first-order chi connectivity index (χ1) is 15.3. The van der Waals surface area contributed by atoms with Crippen molar-refractivity contribution in [3.63, 3.8) is 0 Å². The number of aromatic nitrogens is 1. The summed E-state index contributed by atoms with van der Waals surface area (Å²) in [5, 5.41) is 2.92. The van der Waals surface area contributed by atoms with E-state index >= 15 is 0 Å². The predicted molar refractivity (Wildman–Crippen MR) is 119 cm³/mol. The van der Waals surface area contributed by atoms with E-state index in [9.17, 15) is 14.4 Å². The molecule has 2 aromatic rings. The van der Waals surface area contributed by atoms with E-state index in [-0.39, 0.29) is 23.7 Å². The van der Waals surface area contributed by atoms with Gasteiger partial charge in [0.05, 0.1) is 19.1 Å². The first kappa shape index (κ1) is 23.6. The molecular formula is C24H33N3O5. The number of amides is 2. The van der Waals surface area contributed by atoms with Gasteiger partial charge in [0.1, 0.15) is 17.2 Å². The molecule has 0 bridgehead atoms. The molecule has 3 rings (SSSR count). The van der Waals surface area contributed by atoms with E-state index in [4.69, 9.17) is 9.15 Å². The van der Waals surface area contributed by atoms with Crippen molar-refractivity contribution in [3.8, 4) is 0 Å². The number of H-pyrrole nitrogens is 1. The van der Waals surface area contributed by atoms with Crippen molar-refractivity contribution in [3.05, 3.63) is 46.2 Å². The molecule has 3 heterocycles. The molecule has 0 saturated carbocycles. The highest BCUT2D eigenvalue weighted by Gasteiger charge is 2.28. The molecule has 1 saturated heterocycles. The van der Waals surface area contributed by atoms with Crippen LogP contribution in [0.5, 0.6) is 0 Å². The van der Waals surface area contributed by atoms with E-state index in [1.54, 1.807) is 11.8 Å². The van der Waals surface area contributed by atoms with Gasteiger partial charge in [-0.2, -0.15) is 0 Å². The summed E-state index contributed by atoms with van der Waals surface area (Å²) in [6.07, 6.45) is 2.45. The SMILES string of the molecule is CCOC(=O)c1[nH]c(C)c(CCC(=O)N2CCCC(C(=O)NCc3ccc(C)o3)C2)c1C. The maximum Gasteiger partial charge on any atom is 0.355 e. The van der Waals surface area contributed by atoms with Crippen molar-refractivity contribution in [1.29, 1.82) is 0 Å². The molecule has 0 spiro atoms. The van der Waals surface area contributed by atoms with Gasteiger partial charge in [0.15, 0.2) is 0 Å². The third-order valence-corrected chi connectivity index (χ3v) is 6.04. The molecule has 2 amide bonds. The Labute approximate surface area is 188 Å². The quantitative estimate of drug-likeness (QED) is 0.610. The Kier molecular flexibility index (Phi) is 7.77. The number of nitrogens with one attached hydrogen (secondary N) is 2. The molecule has 0 aliphatic carbocycles. The number of esters is 1. The predicted octanol–water partition coefficient (Wildman–Crippen LogP) is 3.20. The molecule has 32 heavy (non-hydrogen) atoms. The molecule has 2 N–H and O–H groups in total. The number of hydrogen-bond acceptors (Lipinski definition) is 5. The van der Waals surface area contributed by atoms with E-state index < -0.39 is 0 Å². The molecule has 1 fully saturated rings. The lowest BCUT2D eigenvalue weighted by molar-refractivity contribution is -0.135. The Bertz CT molecular complexity index is 974. The van der Waals surface area contributed by atoms with Gasteiger partial charge < -0.3 is 24.4 Å². The lowest BCUT2D eigenvalue weighted by Gasteiger charge is -2.32. The summed E-state index contributed by atoms with van der Waals surface area (Å²) in [5.41, 5.74) is 3.13. The molecule has 8 nitrogen and oxygen atoms in total. The van der Waals surface area contributed by atoms with Gasteiger partial charge in [-0.15, -0.1) is 0 Å². The summed E-state index contributed by atoms with van der Waals surface area (Å²) < 4.78 is 10.6. The fraction of sp³-hybridized carbons (Fsp3) is 0.542. The van der Waals surface area contributed by atoms with Gasteiger partial charge in [-0.25, -0.2) is 4.79 Å². The van der Waals surface area contributed by atoms with E-state index in [1.807, 2.05) is 32.9 Å². The standard InChI is InChI=1S/C24H33N3O5/c1-5-31-24(30)22-16(3)20(17(4)26-22)10-11-21(28)27-12-6-7-18(14-27)23(29)25-13-19-9-8-15(2)32-19/h8-9,18,26H,5-7,10-14H2,1-4H3,(H,25,29). The number of carbonyl (C=O) groups excluding carboxylic acids is 3. The Hall–Kier alpha value is -3.03. The van der Waals surface area contributed by atoms with Gasteiger partial charge in [-0.1, -0.05) is 0 Å². The average molecular weight is 444 g/mol. The Morgan fingerprint density at radius 2 is 2.03 bits per heavy atom. The van der Waals surface area contributed by atoms with Crippen molar-refractivity contribution >= 4 is 17.8 Å². The van der Waals surface area contributed by atoms with Crippen LogP contribution >= 0.6 is 0 Å². The molecule has 1 atom stereocenters. The van der Waals surface area contributed by atoms with Gasteiger partial charge in [0.25, 0.3) is 0 Å². The Morgan fingerprint density at radius 3 is 2.72 bits per heavy atom. The number of piperidine rings is 1. The van der Waals surface area contributed by atoms with Crippen LogP contribution in [0.1, 0.15) is 65.0 Å². The molecule has 1 aliphatic rings. The molecule has 0 radical (unpaired) electrons. The molecule has 1 aliphatic heterocycles. The van der Waals surface area contributed by atoms with Crippen LogP contribution in [0.15, 0.2) is 16.5 Å². The second kappa shape index (κ2) is 10.5. The van der Waals surface area contributed by atoms with Gasteiger partial charge in [0.2, 0.25) is 11.8 Å². The normalized spacial score (nSPS) is 16.1. The van der Waals surface area contributed by atoms with Crippen molar-refractivity contribution in [2.24, 2.45) is 5.92 Å². The number of likely N-dealkylation sites (tertiary alicyclic amines) is 1. The maximum absolute atomic E-state index is 12.9. The lowest BCUT2D eigenvalue weighted by atomic mass is 9.96. The van der Waals surface area contributed by atoms with Crippen LogP contribution in [0.25, 0.3) is 0 Å². The second-order valence-electron chi connectivity index (χ2n) is 8.36. The van der Waals surface area contributed by atoms with Gasteiger partial charge in [-0.05, 0) is 70.2 Å². The first-order valence-electron chi connectivity index (χ1n) is 11.3. The highest BCUT2D eigenvalue weighted by atomic mass is 16.5. The fourth-order valence-electron chi connectivity index (χ4n) is 4.28. The van der Waals surface area contributed by atoms with Crippen LogP contribution in [-0.2, 0) is 27.3 Å². The van der Waals surface area contributed by atoms with Gasteiger partial charge >= 0.3 is 5.97 Å². The van der Waals surface area contributed by atoms with E-state index in [0.717, 1.165) is 41.2 Å². The van der Waals surface area contributed by atoms with E-state index in [1.165, 1.54) is 0 Å². The summed E-state index contributed by atoms with van der Waals surface area (Å²) >= 11 is 0. The third-order valence-electron chi connectivity index (χ3n) is 6.04. The molecular weight excluding hydrogens is 410 g/mol. The van der Waals surface area contributed by atoms with Crippen LogP contribution < -0.4 is 5.32 Å². The average Bonchev–Trinajstić information content (AvgIpc) is 3.32. The van der Waals surface area contributed by atoms with Gasteiger partial charge in [-0.3, -0.25) is 9.59 Å². The zero-order chi connectivity index (χ0) is 23.3. The highest BCUT2D eigenvalue weighted by molar-refractivity contribution is 5.90. The van der Waals surface area contributed by atoms with Gasteiger partial charge in [0, 0.05) is 25.2 Å². The number of ether oxygens (including phenoxy) is 1. The summed E-state index contributed by atoms with van der Waals surface area (Å²) in [5.74, 6) is 0.926. The number of aromatic amines is 1. The summed E-state index contributed by atoms with van der Waals surface area (Å²) in [6.45, 7) is 9.17. The van der Waals surface area contributed by atoms with Crippen molar-refractivity contribution < 1.29 is 23.5 Å². The number of aryl methyl sites for hydroxylation is 2.